The number of nitrogens with zero attached hydrogens (tertiary/aromatic N) is 1. The van der Waals surface area contributed by atoms with Crippen molar-refractivity contribution in [3.8, 4) is 0 Å². The van der Waals surface area contributed by atoms with E-state index in [1.165, 1.54) is 6.20 Å². The van der Waals surface area contributed by atoms with E-state index in [9.17, 15) is 5.21 Å². The van der Waals surface area contributed by atoms with Gasteiger partial charge in [0.1, 0.15) is 12.0 Å². The number of hydroxylamine groups is 2. The highest BCUT2D eigenvalue weighted by molar-refractivity contribution is 5.96. The molecule has 2 atom stereocenters. The minimum Gasteiger partial charge on any atom is -0.595 e. The number of hydrogen-bond acceptors (Lipinski definition) is 3. The smallest absolute Gasteiger partial charge is 0.128 e. The normalized spacial score (nSPS) is 20.5. The molecule has 1 aromatic heterocycles. The summed E-state index contributed by atoms with van der Waals surface area (Å²) in [6.45, 7) is 4.09. The lowest BCUT2D eigenvalue weighted by atomic mass is 10.1. The fraction of sp³-hybridized carbons (Fsp3) is 0.286. The third-order valence-corrected chi connectivity index (χ3v) is 3.51. The van der Waals surface area contributed by atoms with E-state index in [2.05, 4.69) is 22.9 Å². The first-order chi connectivity index (χ1) is 9.16. The Balaban J connectivity index is 2.20. The molecule has 1 aromatic carbocycles. The molecule has 0 saturated carbocycles. The lowest BCUT2D eigenvalue weighted by molar-refractivity contribution is -1.00. The van der Waals surface area contributed by atoms with Gasteiger partial charge in [-0.1, -0.05) is 25.1 Å². The first-order valence-corrected chi connectivity index (χ1v) is 6.43. The second-order valence-corrected chi connectivity index (χ2v) is 5.05. The van der Waals surface area contributed by atoms with Gasteiger partial charge >= 0.3 is 0 Å². The Kier molecular flexibility index (Phi) is 3.02. The van der Waals surface area contributed by atoms with E-state index in [-0.39, 0.29) is 0 Å². The molecule has 0 saturated heterocycles. The van der Waals surface area contributed by atoms with Gasteiger partial charge < -0.3 is 15.1 Å². The molecule has 2 heterocycles. The third-order valence-electron chi connectivity index (χ3n) is 3.51. The van der Waals surface area contributed by atoms with Crippen molar-refractivity contribution in [1.82, 2.24) is 4.57 Å². The van der Waals surface area contributed by atoms with E-state index in [0.717, 1.165) is 35.4 Å². The molecule has 5 nitrogen and oxygen atoms in total. The predicted octanol–water partition coefficient (Wildman–Crippen LogP) is 1.45. The SMILES string of the molecule is C[C@@H]1CNc2c(C=C[NH+]([O-])O)c3ccccc3n2C1. The average molecular weight is 259 g/mol. The van der Waals surface area contributed by atoms with E-state index in [4.69, 9.17) is 5.21 Å². The van der Waals surface area contributed by atoms with Crippen molar-refractivity contribution < 1.29 is 10.4 Å². The van der Waals surface area contributed by atoms with Crippen LogP contribution >= 0.6 is 0 Å². The summed E-state index contributed by atoms with van der Waals surface area (Å²) < 4.78 is 2.24. The molecule has 100 valence electrons. The molecule has 3 N–H and O–H groups in total. The maximum Gasteiger partial charge on any atom is 0.128 e. The maximum atomic E-state index is 10.7. The molecule has 0 spiro atoms. The fourth-order valence-corrected chi connectivity index (χ4v) is 2.68. The molecule has 0 radical (unpaired) electrons. The first-order valence-electron chi connectivity index (χ1n) is 6.43. The fourth-order valence-electron chi connectivity index (χ4n) is 2.68. The highest BCUT2D eigenvalue weighted by Gasteiger charge is 2.21. The van der Waals surface area contributed by atoms with E-state index in [1.54, 1.807) is 6.08 Å². The van der Waals surface area contributed by atoms with Crippen LogP contribution in [0.25, 0.3) is 17.0 Å². The number of para-hydroxylation sites is 1. The summed E-state index contributed by atoms with van der Waals surface area (Å²) in [6, 6.07) is 8.11. The number of hydrogen-bond donors (Lipinski definition) is 3. The Morgan fingerprint density at radius 1 is 1.47 bits per heavy atom. The van der Waals surface area contributed by atoms with Crippen LogP contribution in [-0.4, -0.2) is 16.3 Å². The van der Waals surface area contributed by atoms with Gasteiger partial charge in [-0.25, -0.2) is 10.4 Å². The van der Waals surface area contributed by atoms with E-state index < -0.39 is 5.23 Å². The van der Waals surface area contributed by atoms with E-state index in [0.29, 0.717) is 5.92 Å². The van der Waals surface area contributed by atoms with Crippen molar-refractivity contribution in [1.29, 1.82) is 0 Å². The van der Waals surface area contributed by atoms with Crippen LogP contribution in [0.5, 0.6) is 0 Å². The van der Waals surface area contributed by atoms with Crippen LogP contribution in [0.15, 0.2) is 30.5 Å². The number of nitrogens with one attached hydrogen (secondary N) is 2. The van der Waals surface area contributed by atoms with Crippen LogP contribution in [-0.2, 0) is 6.54 Å². The van der Waals surface area contributed by atoms with Crippen molar-refractivity contribution in [3.05, 3.63) is 41.2 Å². The molecule has 19 heavy (non-hydrogen) atoms. The Hall–Kier alpha value is -1.82. The van der Waals surface area contributed by atoms with Crippen molar-refractivity contribution >= 4 is 22.8 Å². The molecule has 1 unspecified atom stereocenters. The molecular formula is C14H17N3O2. The largest absolute Gasteiger partial charge is 0.595 e. The molecule has 1 aliphatic heterocycles. The van der Waals surface area contributed by atoms with E-state index >= 15 is 0 Å². The number of fused-ring (bicyclic) bond motifs is 3. The third kappa shape index (κ3) is 2.12. The highest BCUT2D eigenvalue weighted by Crippen LogP contribution is 2.34. The summed E-state index contributed by atoms with van der Waals surface area (Å²) in [4.78, 5) is 0. The number of rotatable bonds is 2. The Morgan fingerprint density at radius 2 is 2.26 bits per heavy atom. The minimum atomic E-state index is -0.923. The van der Waals surface area contributed by atoms with Gasteiger partial charge in [-0.3, -0.25) is 0 Å². The van der Waals surface area contributed by atoms with Crippen molar-refractivity contribution in [3.63, 3.8) is 0 Å². The van der Waals surface area contributed by atoms with Gasteiger partial charge in [0.15, 0.2) is 0 Å². The number of benzene rings is 1. The molecule has 2 aromatic rings. The monoisotopic (exact) mass is 259 g/mol. The summed E-state index contributed by atoms with van der Waals surface area (Å²) in [6.07, 6.45) is 2.88. The van der Waals surface area contributed by atoms with Gasteiger partial charge in [0, 0.05) is 30.1 Å². The van der Waals surface area contributed by atoms with Crippen molar-refractivity contribution in [2.75, 3.05) is 11.9 Å². The van der Waals surface area contributed by atoms with Crippen LogP contribution in [0.2, 0.25) is 0 Å². The van der Waals surface area contributed by atoms with Gasteiger partial charge in [0.2, 0.25) is 0 Å². The van der Waals surface area contributed by atoms with Crippen LogP contribution in [0, 0.1) is 11.1 Å². The molecular weight excluding hydrogens is 242 g/mol. The second-order valence-electron chi connectivity index (χ2n) is 5.05. The number of anilines is 1. The van der Waals surface area contributed by atoms with Crippen molar-refractivity contribution in [2.24, 2.45) is 5.92 Å². The number of aromatic nitrogens is 1. The molecule has 0 amide bonds. The topological polar surface area (TPSA) is 64.7 Å². The molecule has 0 fully saturated rings. The summed E-state index contributed by atoms with van der Waals surface area (Å²) >= 11 is 0. The summed E-state index contributed by atoms with van der Waals surface area (Å²) in [7, 11) is 0. The highest BCUT2D eigenvalue weighted by atomic mass is 16.8. The van der Waals surface area contributed by atoms with Gasteiger partial charge in [-0.05, 0) is 12.0 Å². The Bertz CT molecular complexity index is 631. The maximum absolute atomic E-state index is 10.7. The lowest BCUT2D eigenvalue weighted by Crippen LogP contribution is -2.99. The summed E-state index contributed by atoms with van der Waals surface area (Å²) in [5, 5.41) is 23.1. The number of quaternary nitrogens is 1. The predicted molar refractivity (Wildman–Crippen MR) is 74.7 cm³/mol. The zero-order chi connectivity index (χ0) is 13.4. The van der Waals surface area contributed by atoms with Crippen LogP contribution < -0.4 is 10.5 Å². The second kappa shape index (κ2) is 4.70. The van der Waals surface area contributed by atoms with Gasteiger partial charge in [0.25, 0.3) is 0 Å². The van der Waals surface area contributed by atoms with Crippen LogP contribution in [0.4, 0.5) is 5.82 Å². The van der Waals surface area contributed by atoms with Crippen LogP contribution in [0.3, 0.4) is 0 Å². The van der Waals surface area contributed by atoms with Gasteiger partial charge in [0.05, 0.1) is 5.52 Å². The van der Waals surface area contributed by atoms with Crippen molar-refractivity contribution in [2.45, 2.75) is 13.5 Å². The Morgan fingerprint density at radius 3 is 3.05 bits per heavy atom. The standard InChI is InChI=1S/C14H17N3O2/c1-10-8-15-14-12(6-7-17(18)19)11-4-2-3-5-13(11)16(14)9-10/h2-7,10,15,17-18H,8-9H2,1H3/t10-/m1/s1. The van der Waals surface area contributed by atoms with Gasteiger partial charge in [-0.15, -0.1) is 0 Å². The quantitative estimate of drug-likeness (QED) is 0.715. The zero-order valence-corrected chi connectivity index (χ0v) is 10.8. The minimum absolute atomic E-state index is 0.569. The molecule has 5 heteroatoms. The Labute approximate surface area is 111 Å². The summed E-state index contributed by atoms with van der Waals surface area (Å²) in [5.41, 5.74) is 2.12. The zero-order valence-electron chi connectivity index (χ0n) is 10.8. The first kappa shape index (κ1) is 12.2. The molecule has 3 rings (SSSR count). The van der Waals surface area contributed by atoms with Gasteiger partial charge in [-0.2, -0.15) is 0 Å². The molecule has 0 aliphatic carbocycles. The summed E-state index contributed by atoms with van der Waals surface area (Å²) in [5.74, 6) is 1.59. The molecule has 1 aliphatic rings. The molecule has 0 bridgehead atoms. The average Bonchev–Trinajstić information content (AvgIpc) is 2.70. The van der Waals surface area contributed by atoms with Crippen LogP contribution in [0.1, 0.15) is 12.5 Å². The lowest BCUT2D eigenvalue weighted by Gasteiger charge is -2.24. The van der Waals surface area contributed by atoms with E-state index in [1.807, 2.05) is 18.2 Å².